The number of hydrogen-bond donors (Lipinski definition) is 2. The summed E-state index contributed by atoms with van der Waals surface area (Å²) in [5.41, 5.74) is 0.382. The van der Waals surface area contributed by atoms with E-state index in [2.05, 4.69) is 19.2 Å². The van der Waals surface area contributed by atoms with Gasteiger partial charge in [0.25, 0.3) is 5.91 Å². The lowest BCUT2D eigenvalue weighted by atomic mass is 9.93. The zero-order chi connectivity index (χ0) is 15.6. The molecular weight excluding hydrogens is 290 g/mol. The van der Waals surface area contributed by atoms with Gasteiger partial charge in [-0.05, 0) is 37.7 Å². The van der Waals surface area contributed by atoms with Crippen LogP contribution in [0.25, 0.3) is 0 Å². The normalized spacial score (nSPS) is 16.0. The van der Waals surface area contributed by atoms with Crippen molar-refractivity contribution in [3.63, 3.8) is 0 Å². The van der Waals surface area contributed by atoms with Crippen molar-refractivity contribution in [3.05, 3.63) is 18.0 Å². The summed E-state index contributed by atoms with van der Waals surface area (Å²) in [6, 6.07) is 1.57. The van der Waals surface area contributed by atoms with Crippen LogP contribution >= 0.6 is 0 Å². The first-order valence-electron chi connectivity index (χ1n) is 7.32. The summed E-state index contributed by atoms with van der Waals surface area (Å²) in [5, 5.41) is 8.01. The molecule has 1 aromatic heterocycles. The summed E-state index contributed by atoms with van der Waals surface area (Å²) in [6.07, 6.45) is 5.40. The first-order chi connectivity index (χ1) is 9.79. The average molecular weight is 313 g/mol. The summed E-state index contributed by atoms with van der Waals surface area (Å²) in [5.74, 6) is 0.265. The molecule has 0 aromatic carbocycles. The average Bonchev–Trinajstić information content (AvgIpc) is 2.70. The Hall–Kier alpha value is -1.34. The molecule has 118 valence electrons. The summed E-state index contributed by atoms with van der Waals surface area (Å²) in [4.78, 5) is 12.3. The Bertz CT molecular complexity index is 615. The number of carbonyl (C=O) groups excluding carboxylic acids is 1. The van der Waals surface area contributed by atoms with Crippen LogP contribution in [0.5, 0.6) is 0 Å². The quantitative estimate of drug-likeness (QED) is 0.836. The number of carbonyl (C=O) groups is 1. The fourth-order valence-electron chi connectivity index (χ4n) is 2.32. The molecule has 0 aliphatic heterocycles. The monoisotopic (exact) mass is 313 g/mol. The maximum absolute atomic E-state index is 12.3. The Morgan fingerprint density at radius 2 is 2.14 bits per heavy atom. The third-order valence-electron chi connectivity index (χ3n) is 3.86. The largest absolute Gasteiger partial charge is 0.351 e. The number of aromatic nitrogens is 1. The Balaban J connectivity index is 2.20. The minimum Gasteiger partial charge on any atom is -0.351 e. The van der Waals surface area contributed by atoms with Crippen molar-refractivity contribution in [3.8, 4) is 0 Å². The van der Waals surface area contributed by atoms with Gasteiger partial charge < -0.3 is 9.88 Å². The van der Waals surface area contributed by atoms with Gasteiger partial charge in [-0.1, -0.05) is 13.8 Å². The highest BCUT2D eigenvalue weighted by Crippen LogP contribution is 2.34. The second-order valence-corrected chi connectivity index (χ2v) is 7.60. The molecule has 1 aliphatic rings. The molecule has 0 atom stereocenters. The van der Waals surface area contributed by atoms with E-state index in [1.807, 2.05) is 0 Å². The second-order valence-electron chi connectivity index (χ2n) is 6.04. The van der Waals surface area contributed by atoms with Crippen molar-refractivity contribution in [2.24, 2.45) is 11.1 Å². The van der Waals surface area contributed by atoms with Gasteiger partial charge >= 0.3 is 0 Å². The molecule has 1 aliphatic carbocycles. The molecule has 6 nitrogen and oxygen atoms in total. The van der Waals surface area contributed by atoms with Gasteiger partial charge in [0, 0.05) is 18.8 Å². The number of primary sulfonamides is 1. The van der Waals surface area contributed by atoms with Crippen LogP contribution in [-0.2, 0) is 10.0 Å². The van der Waals surface area contributed by atoms with Crippen LogP contribution in [0.3, 0.4) is 0 Å². The van der Waals surface area contributed by atoms with Crippen molar-refractivity contribution < 1.29 is 13.2 Å². The molecule has 1 heterocycles. The van der Waals surface area contributed by atoms with Crippen molar-refractivity contribution >= 4 is 15.9 Å². The minimum absolute atomic E-state index is 0.00316. The summed E-state index contributed by atoms with van der Waals surface area (Å²) < 4.78 is 24.7. The number of nitrogens with zero attached hydrogens (tertiary/aromatic N) is 1. The van der Waals surface area contributed by atoms with Crippen LogP contribution in [0.15, 0.2) is 17.2 Å². The fourth-order valence-corrected chi connectivity index (χ4v) is 2.86. The lowest BCUT2D eigenvalue weighted by Gasteiger charge is -2.28. The third-order valence-corrected chi connectivity index (χ3v) is 4.74. The van der Waals surface area contributed by atoms with Gasteiger partial charge in [0.2, 0.25) is 10.0 Å². The maximum atomic E-state index is 12.3. The van der Waals surface area contributed by atoms with E-state index in [0.29, 0.717) is 18.2 Å². The van der Waals surface area contributed by atoms with Gasteiger partial charge in [-0.2, -0.15) is 0 Å². The highest BCUT2D eigenvalue weighted by atomic mass is 32.2. The molecule has 3 N–H and O–H groups in total. The number of rotatable bonds is 6. The SMILES string of the molecule is CC(C)CCNC(=O)c1cc(S(N)(=O)=O)cn1C1CCC1. The molecule has 0 bridgehead atoms. The topological polar surface area (TPSA) is 94.2 Å². The van der Waals surface area contributed by atoms with Crippen LogP contribution < -0.4 is 10.5 Å². The van der Waals surface area contributed by atoms with Gasteiger partial charge in [0.1, 0.15) is 10.6 Å². The molecule has 7 heteroatoms. The van der Waals surface area contributed by atoms with Crippen LogP contribution in [0.2, 0.25) is 0 Å². The molecule has 0 saturated heterocycles. The number of nitrogens with two attached hydrogens (primary N) is 1. The standard InChI is InChI=1S/C14H23N3O3S/c1-10(2)6-7-16-14(18)13-8-12(21(15,19)20)9-17(13)11-4-3-5-11/h8-11H,3-7H2,1-2H3,(H,16,18)(H2,15,19,20). The predicted molar refractivity (Wildman–Crippen MR) is 80.5 cm³/mol. The van der Waals surface area contributed by atoms with Crippen LogP contribution in [-0.4, -0.2) is 25.4 Å². The van der Waals surface area contributed by atoms with E-state index in [-0.39, 0.29) is 16.8 Å². The van der Waals surface area contributed by atoms with E-state index in [0.717, 1.165) is 25.7 Å². The molecule has 1 fully saturated rings. The molecule has 0 spiro atoms. The predicted octanol–water partition coefficient (Wildman–Crippen LogP) is 1.64. The van der Waals surface area contributed by atoms with Gasteiger partial charge in [-0.25, -0.2) is 13.6 Å². The van der Waals surface area contributed by atoms with E-state index in [9.17, 15) is 13.2 Å². The van der Waals surface area contributed by atoms with Crippen molar-refractivity contribution in [1.82, 2.24) is 9.88 Å². The number of hydrogen-bond acceptors (Lipinski definition) is 3. The Morgan fingerprint density at radius 1 is 1.48 bits per heavy atom. The molecular formula is C14H23N3O3S. The van der Waals surface area contributed by atoms with Crippen molar-refractivity contribution in [2.45, 2.75) is 50.5 Å². The van der Waals surface area contributed by atoms with Crippen molar-refractivity contribution in [2.75, 3.05) is 6.54 Å². The van der Waals surface area contributed by atoms with Gasteiger partial charge in [0.05, 0.1) is 0 Å². The van der Waals surface area contributed by atoms with Crippen LogP contribution in [0.1, 0.15) is 56.1 Å². The highest BCUT2D eigenvalue weighted by molar-refractivity contribution is 7.89. The molecule has 0 radical (unpaired) electrons. The van der Waals surface area contributed by atoms with E-state index in [1.54, 1.807) is 4.57 Å². The zero-order valence-corrected chi connectivity index (χ0v) is 13.3. The van der Waals surface area contributed by atoms with Gasteiger partial charge in [0.15, 0.2) is 0 Å². The summed E-state index contributed by atoms with van der Waals surface area (Å²) in [6.45, 7) is 4.75. The van der Waals surface area contributed by atoms with Crippen LogP contribution in [0, 0.1) is 5.92 Å². The van der Waals surface area contributed by atoms with Gasteiger partial charge in [-0.15, -0.1) is 0 Å². The van der Waals surface area contributed by atoms with E-state index in [1.165, 1.54) is 12.3 Å². The Kier molecular flexibility index (Phi) is 4.73. The molecule has 1 saturated carbocycles. The lowest BCUT2D eigenvalue weighted by molar-refractivity contribution is 0.0937. The number of nitrogens with one attached hydrogen (secondary N) is 1. The number of amides is 1. The minimum atomic E-state index is -3.79. The highest BCUT2D eigenvalue weighted by Gasteiger charge is 2.26. The molecule has 0 unspecified atom stereocenters. The number of sulfonamides is 1. The summed E-state index contributed by atoms with van der Waals surface area (Å²) in [7, 11) is -3.79. The third kappa shape index (κ3) is 3.85. The first-order valence-corrected chi connectivity index (χ1v) is 8.86. The van der Waals surface area contributed by atoms with Gasteiger partial charge in [-0.3, -0.25) is 4.79 Å². The zero-order valence-electron chi connectivity index (χ0n) is 12.5. The van der Waals surface area contributed by atoms with Crippen LogP contribution in [0.4, 0.5) is 0 Å². The first kappa shape index (κ1) is 16.0. The molecule has 2 rings (SSSR count). The van der Waals surface area contributed by atoms with E-state index >= 15 is 0 Å². The second kappa shape index (κ2) is 6.19. The Morgan fingerprint density at radius 3 is 2.62 bits per heavy atom. The maximum Gasteiger partial charge on any atom is 0.267 e. The summed E-state index contributed by atoms with van der Waals surface area (Å²) >= 11 is 0. The lowest BCUT2D eigenvalue weighted by Crippen LogP contribution is -2.29. The molecule has 1 amide bonds. The van der Waals surface area contributed by atoms with Crippen molar-refractivity contribution in [1.29, 1.82) is 0 Å². The van der Waals surface area contributed by atoms with E-state index < -0.39 is 10.0 Å². The Labute approximate surface area is 125 Å². The molecule has 21 heavy (non-hydrogen) atoms. The van der Waals surface area contributed by atoms with E-state index in [4.69, 9.17) is 5.14 Å². The fraction of sp³-hybridized carbons (Fsp3) is 0.643. The smallest absolute Gasteiger partial charge is 0.267 e. The molecule has 1 aromatic rings.